The second-order valence-electron chi connectivity index (χ2n) is 9.98. The lowest BCUT2D eigenvalue weighted by Gasteiger charge is -2.42. The molecule has 0 spiro atoms. The van der Waals surface area contributed by atoms with Crippen molar-refractivity contribution in [2.45, 2.75) is 50.0 Å². The zero-order valence-electron chi connectivity index (χ0n) is 21.1. The molecule has 188 valence electrons. The third-order valence-corrected chi connectivity index (χ3v) is 8.15. The van der Waals surface area contributed by atoms with Crippen molar-refractivity contribution in [3.8, 4) is 11.5 Å². The lowest BCUT2D eigenvalue weighted by atomic mass is 9.75. The Bertz CT molecular complexity index is 1050. The number of carbonyl (C=O) groups excluding carboxylic acids is 1. The normalized spacial score (nSPS) is 27.5. The second kappa shape index (κ2) is 9.80. The minimum atomic E-state index is -1.05. The van der Waals surface area contributed by atoms with Crippen LogP contribution in [0.5, 0.6) is 11.5 Å². The number of hydrogen-bond donors (Lipinski definition) is 1. The zero-order chi connectivity index (χ0) is 24.6. The van der Waals surface area contributed by atoms with Gasteiger partial charge in [-0.2, -0.15) is 0 Å². The first kappa shape index (κ1) is 24.1. The summed E-state index contributed by atoms with van der Waals surface area (Å²) in [6, 6.07) is 15.1. The first-order valence-corrected chi connectivity index (χ1v) is 12.5. The minimum Gasteiger partial charge on any atom is -0.493 e. The lowest BCUT2D eigenvalue weighted by Crippen LogP contribution is -2.53. The Hall–Kier alpha value is -2.61. The van der Waals surface area contributed by atoms with Gasteiger partial charge in [-0.1, -0.05) is 29.8 Å². The molecular formula is C28H36N2O5. The molecule has 3 saturated heterocycles. The number of amides is 1. The van der Waals surface area contributed by atoms with E-state index in [1.165, 1.54) is 11.1 Å². The molecule has 0 aliphatic carbocycles. The summed E-state index contributed by atoms with van der Waals surface area (Å²) in [5, 5.41) is 3.23. The molecular weight excluding hydrogens is 444 g/mol. The third kappa shape index (κ3) is 4.41. The monoisotopic (exact) mass is 480 g/mol. The average molecular weight is 481 g/mol. The van der Waals surface area contributed by atoms with Gasteiger partial charge in [0.05, 0.1) is 39.9 Å². The molecule has 1 amide bonds. The maximum absolute atomic E-state index is 13.8. The zero-order valence-corrected chi connectivity index (χ0v) is 21.1. The van der Waals surface area contributed by atoms with Crippen LogP contribution in [0.1, 0.15) is 41.9 Å². The highest BCUT2D eigenvalue weighted by Crippen LogP contribution is 2.46. The molecule has 0 saturated carbocycles. The Balaban J connectivity index is 1.39. The number of fused-ring (bicyclic) bond motifs is 2. The molecule has 0 radical (unpaired) electrons. The third-order valence-electron chi connectivity index (χ3n) is 8.15. The molecule has 7 nitrogen and oxygen atoms in total. The van der Waals surface area contributed by atoms with E-state index in [-0.39, 0.29) is 30.3 Å². The van der Waals surface area contributed by atoms with Crippen molar-refractivity contribution in [3.63, 3.8) is 0 Å². The average Bonchev–Trinajstić information content (AvgIpc) is 3.44. The Morgan fingerprint density at radius 3 is 2.46 bits per heavy atom. The number of benzene rings is 2. The highest BCUT2D eigenvalue weighted by Gasteiger charge is 2.49. The van der Waals surface area contributed by atoms with E-state index in [0.717, 1.165) is 24.8 Å². The van der Waals surface area contributed by atoms with Crippen LogP contribution >= 0.6 is 0 Å². The van der Waals surface area contributed by atoms with Crippen LogP contribution in [-0.4, -0.2) is 63.9 Å². The van der Waals surface area contributed by atoms with E-state index < -0.39 is 5.79 Å². The fourth-order valence-corrected chi connectivity index (χ4v) is 6.20. The summed E-state index contributed by atoms with van der Waals surface area (Å²) in [7, 11) is 5.38. The van der Waals surface area contributed by atoms with Gasteiger partial charge in [0.1, 0.15) is 0 Å². The van der Waals surface area contributed by atoms with Crippen molar-refractivity contribution in [2.24, 2.45) is 5.92 Å². The van der Waals surface area contributed by atoms with Crippen molar-refractivity contribution in [2.75, 3.05) is 41.0 Å². The molecule has 0 unspecified atom stereocenters. The van der Waals surface area contributed by atoms with Gasteiger partial charge >= 0.3 is 0 Å². The lowest BCUT2D eigenvalue weighted by molar-refractivity contribution is -0.166. The van der Waals surface area contributed by atoms with E-state index in [0.29, 0.717) is 30.8 Å². The maximum Gasteiger partial charge on any atom is 0.225 e. The van der Waals surface area contributed by atoms with Crippen molar-refractivity contribution in [1.29, 1.82) is 0 Å². The number of nitrogens with one attached hydrogen (secondary N) is 1. The summed E-state index contributed by atoms with van der Waals surface area (Å²) < 4.78 is 23.1. The summed E-state index contributed by atoms with van der Waals surface area (Å²) >= 11 is 0. The quantitative estimate of drug-likeness (QED) is 0.653. The van der Waals surface area contributed by atoms with Crippen molar-refractivity contribution >= 4 is 5.91 Å². The first-order valence-electron chi connectivity index (χ1n) is 12.5. The van der Waals surface area contributed by atoms with Gasteiger partial charge in [-0.3, -0.25) is 9.69 Å². The van der Waals surface area contributed by atoms with Gasteiger partial charge in [0.2, 0.25) is 11.7 Å². The van der Waals surface area contributed by atoms with Crippen molar-refractivity contribution < 1.29 is 23.7 Å². The van der Waals surface area contributed by atoms with Gasteiger partial charge in [-0.25, -0.2) is 0 Å². The summed E-state index contributed by atoms with van der Waals surface area (Å²) in [5.41, 5.74) is 3.28. The molecule has 1 N–H and O–H groups in total. The summed E-state index contributed by atoms with van der Waals surface area (Å²) in [5.74, 6) is 0.326. The van der Waals surface area contributed by atoms with Crippen LogP contribution in [0.3, 0.4) is 0 Å². The Morgan fingerprint density at radius 2 is 1.77 bits per heavy atom. The second-order valence-corrected chi connectivity index (χ2v) is 9.98. The van der Waals surface area contributed by atoms with Crippen LogP contribution in [0, 0.1) is 12.8 Å². The van der Waals surface area contributed by atoms with Gasteiger partial charge in [-0.15, -0.1) is 0 Å². The number of piperidine rings is 1. The molecule has 7 heteroatoms. The predicted octanol–water partition coefficient (Wildman–Crippen LogP) is 3.59. The fraction of sp³-hybridized carbons (Fsp3) is 0.536. The standard InChI is InChI=1S/C28H36N2O5/c1-18-5-7-19(8-6-18)22-16-21-10-11-23(30(21)2)26(22)27(31)29-17-28(34-13-14-35-28)20-9-12-24(32-3)25(15-20)33-4/h5-9,12,15,21-23,26H,10-11,13-14,16-17H2,1-4H3,(H,29,31)/t21-,22+,23+,26-/m0/s1. The van der Waals surface area contributed by atoms with E-state index in [2.05, 4.69) is 48.5 Å². The molecule has 4 atom stereocenters. The van der Waals surface area contributed by atoms with Crippen LogP contribution in [-0.2, 0) is 20.1 Å². The van der Waals surface area contributed by atoms with Gasteiger partial charge in [0.25, 0.3) is 0 Å². The summed E-state index contributed by atoms with van der Waals surface area (Å²) in [4.78, 5) is 16.3. The van der Waals surface area contributed by atoms with E-state index in [9.17, 15) is 4.79 Å². The Morgan fingerprint density at radius 1 is 1.06 bits per heavy atom. The molecule has 3 aliphatic rings. The highest BCUT2D eigenvalue weighted by atomic mass is 16.7. The molecule has 5 rings (SSSR count). The van der Waals surface area contributed by atoms with Crippen LogP contribution in [0.15, 0.2) is 42.5 Å². The summed E-state index contributed by atoms with van der Waals surface area (Å²) in [6.45, 7) is 3.26. The van der Waals surface area contributed by atoms with E-state index in [1.54, 1.807) is 14.2 Å². The van der Waals surface area contributed by atoms with Crippen LogP contribution in [0.25, 0.3) is 0 Å². The molecule has 3 fully saturated rings. The first-order chi connectivity index (χ1) is 17.0. The molecule has 2 aromatic carbocycles. The number of carbonyl (C=O) groups is 1. The largest absolute Gasteiger partial charge is 0.493 e. The molecule has 2 aromatic rings. The number of rotatable bonds is 7. The van der Waals surface area contributed by atoms with Crippen LogP contribution < -0.4 is 14.8 Å². The van der Waals surface area contributed by atoms with Crippen LogP contribution in [0.4, 0.5) is 0 Å². The van der Waals surface area contributed by atoms with E-state index >= 15 is 0 Å². The molecule has 2 bridgehead atoms. The highest BCUT2D eigenvalue weighted by molar-refractivity contribution is 5.81. The van der Waals surface area contributed by atoms with E-state index in [4.69, 9.17) is 18.9 Å². The fourth-order valence-electron chi connectivity index (χ4n) is 6.20. The molecule has 35 heavy (non-hydrogen) atoms. The van der Waals surface area contributed by atoms with Crippen molar-refractivity contribution in [1.82, 2.24) is 10.2 Å². The number of ether oxygens (including phenoxy) is 4. The number of nitrogens with zero attached hydrogens (tertiary/aromatic N) is 1. The van der Waals surface area contributed by atoms with Crippen LogP contribution in [0.2, 0.25) is 0 Å². The van der Waals surface area contributed by atoms with Crippen molar-refractivity contribution in [3.05, 3.63) is 59.2 Å². The van der Waals surface area contributed by atoms with Gasteiger partial charge < -0.3 is 24.3 Å². The van der Waals surface area contributed by atoms with Gasteiger partial charge in [0, 0.05) is 17.6 Å². The van der Waals surface area contributed by atoms with Gasteiger partial charge in [-0.05, 0) is 62.9 Å². The number of aryl methyl sites for hydroxylation is 1. The Kier molecular flexibility index (Phi) is 6.75. The van der Waals surface area contributed by atoms with Gasteiger partial charge in [0.15, 0.2) is 11.5 Å². The number of methoxy groups -OCH3 is 2. The SMILES string of the molecule is COc1ccc(C2(CNC(=O)[C@H]3[C@@H](c4ccc(C)cc4)C[C@@H]4CC[C@H]3N4C)OCCO2)cc1OC. The number of hydrogen-bond acceptors (Lipinski definition) is 6. The minimum absolute atomic E-state index is 0.0618. The molecule has 3 heterocycles. The molecule has 0 aromatic heterocycles. The smallest absolute Gasteiger partial charge is 0.225 e. The summed E-state index contributed by atoms with van der Waals surface area (Å²) in [6.07, 6.45) is 3.20. The van der Waals surface area contributed by atoms with E-state index in [1.807, 2.05) is 18.2 Å². The predicted molar refractivity (Wildman–Crippen MR) is 133 cm³/mol. The topological polar surface area (TPSA) is 69.3 Å². The Labute approximate surface area is 207 Å². The molecule has 3 aliphatic heterocycles. The maximum atomic E-state index is 13.8.